The molecule has 5 rings (SSSR count). The van der Waals surface area contributed by atoms with Crippen LogP contribution in [0.15, 0.2) is 60.8 Å². The molecular weight excluding hydrogens is 475 g/mol. The number of carbonyl (C=O) groups excluding carboxylic acids is 2. The first-order valence-corrected chi connectivity index (χ1v) is 11.4. The second kappa shape index (κ2) is 9.32. The highest BCUT2D eigenvalue weighted by Gasteiger charge is 2.27. The highest BCUT2D eigenvalue weighted by atomic mass is 35.5. The van der Waals surface area contributed by atoms with Gasteiger partial charge in [-0.05, 0) is 36.2 Å². The van der Waals surface area contributed by atoms with Crippen LogP contribution in [0.1, 0.15) is 18.4 Å². The summed E-state index contributed by atoms with van der Waals surface area (Å²) < 4.78 is 1.72. The fourth-order valence-corrected chi connectivity index (χ4v) is 4.28. The first-order valence-electron chi connectivity index (χ1n) is 10.7. The third kappa shape index (κ3) is 4.69. The van der Waals surface area contributed by atoms with Gasteiger partial charge in [0.15, 0.2) is 5.65 Å². The Labute approximate surface area is 205 Å². The maximum Gasteiger partial charge on any atom is 0.246 e. The maximum atomic E-state index is 12.3. The second-order valence-electron chi connectivity index (χ2n) is 7.94. The average Bonchev–Trinajstić information content (AvgIpc) is 3.48. The molecule has 10 heteroatoms. The minimum Gasteiger partial charge on any atom is -0.366 e. The second-order valence-corrected chi connectivity index (χ2v) is 8.79. The summed E-state index contributed by atoms with van der Waals surface area (Å²) in [6.07, 6.45) is 2.57. The third-order valence-corrected chi connectivity index (χ3v) is 6.18. The van der Waals surface area contributed by atoms with Gasteiger partial charge in [-0.25, -0.2) is 4.98 Å². The summed E-state index contributed by atoms with van der Waals surface area (Å²) in [4.78, 5) is 28.4. The van der Waals surface area contributed by atoms with Crippen LogP contribution >= 0.6 is 23.2 Å². The molecule has 1 aliphatic rings. The molecule has 172 valence electrons. The largest absolute Gasteiger partial charge is 0.366 e. The first kappa shape index (κ1) is 22.2. The predicted octanol–water partition coefficient (Wildman–Crippen LogP) is 4.53. The monoisotopic (exact) mass is 494 g/mol. The van der Waals surface area contributed by atoms with E-state index >= 15 is 0 Å². The molecule has 34 heavy (non-hydrogen) atoms. The topological polar surface area (TPSA) is 100 Å². The van der Waals surface area contributed by atoms with E-state index in [0.29, 0.717) is 40.8 Å². The summed E-state index contributed by atoms with van der Waals surface area (Å²) in [5.41, 5.74) is 3.87. The van der Waals surface area contributed by atoms with E-state index in [0.717, 1.165) is 22.6 Å². The van der Waals surface area contributed by atoms with Gasteiger partial charge < -0.3 is 16.0 Å². The molecule has 8 nitrogen and oxygen atoms in total. The number of nitrogens with zero attached hydrogens (tertiary/aromatic N) is 3. The molecular formula is C24H20Cl2N6O2. The van der Waals surface area contributed by atoms with Crippen LogP contribution in [0.25, 0.3) is 16.9 Å². The van der Waals surface area contributed by atoms with Gasteiger partial charge in [0.25, 0.3) is 0 Å². The minimum absolute atomic E-state index is 0.0976. The molecule has 0 saturated carbocycles. The highest BCUT2D eigenvalue weighted by Crippen LogP contribution is 2.26. The van der Waals surface area contributed by atoms with Gasteiger partial charge in [0.05, 0.1) is 11.9 Å². The van der Waals surface area contributed by atoms with Crippen molar-refractivity contribution in [3.63, 3.8) is 0 Å². The van der Waals surface area contributed by atoms with E-state index in [4.69, 9.17) is 28.2 Å². The molecule has 1 fully saturated rings. The van der Waals surface area contributed by atoms with E-state index in [2.05, 4.69) is 21.0 Å². The lowest BCUT2D eigenvalue weighted by molar-refractivity contribution is -0.122. The summed E-state index contributed by atoms with van der Waals surface area (Å²) in [6.45, 7) is 0.483. The number of carbonyl (C=O) groups is 2. The molecule has 1 unspecified atom stereocenters. The van der Waals surface area contributed by atoms with Crippen molar-refractivity contribution in [2.75, 3.05) is 10.6 Å². The molecule has 2 amide bonds. The average molecular weight is 495 g/mol. The van der Waals surface area contributed by atoms with E-state index in [1.54, 1.807) is 22.8 Å². The molecule has 1 saturated heterocycles. The van der Waals surface area contributed by atoms with Gasteiger partial charge in [-0.2, -0.15) is 9.61 Å². The van der Waals surface area contributed by atoms with E-state index in [-0.39, 0.29) is 11.8 Å². The Hall–Kier alpha value is -3.62. The summed E-state index contributed by atoms with van der Waals surface area (Å²) in [7, 11) is 0. The van der Waals surface area contributed by atoms with Crippen molar-refractivity contribution in [1.82, 2.24) is 19.9 Å². The lowest BCUT2D eigenvalue weighted by Crippen LogP contribution is -2.37. The van der Waals surface area contributed by atoms with E-state index in [9.17, 15) is 9.59 Å². The fraction of sp³-hybridized carbons (Fsp3) is 0.167. The number of anilines is 2. The quantitative estimate of drug-likeness (QED) is 0.365. The lowest BCUT2D eigenvalue weighted by Gasteiger charge is -2.13. The molecule has 0 radical (unpaired) electrons. The zero-order valence-electron chi connectivity index (χ0n) is 17.9. The Morgan fingerprint density at radius 2 is 1.94 bits per heavy atom. The Morgan fingerprint density at radius 1 is 1.12 bits per heavy atom. The van der Waals surface area contributed by atoms with Gasteiger partial charge in [-0.1, -0.05) is 41.4 Å². The highest BCUT2D eigenvalue weighted by molar-refractivity contribution is 6.35. The molecule has 0 spiro atoms. The molecule has 0 bridgehead atoms. The number of hydrogen-bond donors (Lipinski definition) is 3. The van der Waals surface area contributed by atoms with Gasteiger partial charge in [0, 0.05) is 46.4 Å². The van der Waals surface area contributed by atoms with Gasteiger partial charge >= 0.3 is 0 Å². The van der Waals surface area contributed by atoms with E-state index in [1.807, 2.05) is 42.5 Å². The number of rotatable bonds is 6. The van der Waals surface area contributed by atoms with E-state index < -0.39 is 6.04 Å². The first-order chi connectivity index (χ1) is 16.5. The lowest BCUT2D eigenvalue weighted by atomic mass is 10.1. The van der Waals surface area contributed by atoms with Crippen LogP contribution in [0.3, 0.4) is 0 Å². The summed E-state index contributed by atoms with van der Waals surface area (Å²) in [6, 6.07) is 16.0. The van der Waals surface area contributed by atoms with Crippen LogP contribution in [0.4, 0.5) is 11.5 Å². The number of fused-ring (bicyclic) bond motifs is 1. The molecule has 2 aromatic heterocycles. The minimum atomic E-state index is -0.485. The van der Waals surface area contributed by atoms with Gasteiger partial charge in [0.2, 0.25) is 11.8 Å². The van der Waals surface area contributed by atoms with Crippen LogP contribution in [0.5, 0.6) is 0 Å². The van der Waals surface area contributed by atoms with Crippen molar-refractivity contribution in [1.29, 1.82) is 0 Å². The number of hydrogen-bond acceptors (Lipinski definition) is 5. The summed E-state index contributed by atoms with van der Waals surface area (Å²) >= 11 is 12.3. The zero-order valence-corrected chi connectivity index (χ0v) is 19.4. The summed E-state index contributed by atoms with van der Waals surface area (Å²) in [5, 5.41) is 14.4. The number of benzene rings is 2. The maximum absolute atomic E-state index is 12.3. The fourth-order valence-electron chi connectivity index (χ4n) is 3.80. The third-order valence-electron chi connectivity index (χ3n) is 5.59. The van der Waals surface area contributed by atoms with Crippen molar-refractivity contribution >= 4 is 52.2 Å². The van der Waals surface area contributed by atoms with Crippen LogP contribution in [-0.4, -0.2) is 32.5 Å². The Kier molecular flexibility index (Phi) is 6.08. The summed E-state index contributed by atoms with van der Waals surface area (Å²) in [5.74, 6) is 0.440. The van der Waals surface area contributed by atoms with Crippen LogP contribution in [0, 0.1) is 0 Å². The zero-order chi connectivity index (χ0) is 23.7. The molecule has 4 aromatic rings. The van der Waals surface area contributed by atoms with Crippen molar-refractivity contribution < 1.29 is 9.59 Å². The number of amides is 2. The number of aromatic nitrogens is 3. The van der Waals surface area contributed by atoms with Crippen LogP contribution < -0.4 is 16.0 Å². The molecule has 0 aliphatic carbocycles. The van der Waals surface area contributed by atoms with Crippen molar-refractivity contribution in [3.8, 4) is 11.3 Å². The Bertz CT molecular complexity index is 1390. The standard InChI is InChI=1S/C24H20Cl2N6O2/c25-16-4-1-15(18(26)11-16)13-27-22-12-20(30-21-9-10-28-32(21)22)14-2-5-17(6-3-14)29-24(34)19-7-8-23(33)31-19/h1-6,9-12,19,27H,7-8,13H2,(H,29,34)(H,31,33). The van der Waals surface area contributed by atoms with Crippen LogP contribution in [0.2, 0.25) is 10.0 Å². The van der Waals surface area contributed by atoms with Gasteiger partial charge in [-0.15, -0.1) is 0 Å². The molecule has 1 aliphatic heterocycles. The van der Waals surface area contributed by atoms with Crippen LogP contribution in [-0.2, 0) is 16.1 Å². The number of nitrogens with one attached hydrogen (secondary N) is 3. The van der Waals surface area contributed by atoms with Crippen molar-refractivity contribution in [2.24, 2.45) is 0 Å². The van der Waals surface area contributed by atoms with Gasteiger partial charge in [0.1, 0.15) is 11.9 Å². The molecule has 1 atom stereocenters. The van der Waals surface area contributed by atoms with Crippen molar-refractivity contribution in [3.05, 3.63) is 76.4 Å². The smallest absolute Gasteiger partial charge is 0.246 e. The molecule has 2 aromatic carbocycles. The van der Waals surface area contributed by atoms with E-state index in [1.165, 1.54) is 0 Å². The van der Waals surface area contributed by atoms with Gasteiger partial charge in [-0.3, -0.25) is 9.59 Å². The number of halogens is 2. The molecule has 3 N–H and O–H groups in total. The SMILES string of the molecule is O=C1CCC(C(=O)Nc2ccc(-c3cc(NCc4ccc(Cl)cc4Cl)n4nccc4n3)cc2)N1. The predicted molar refractivity (Wildman–Crippen MR) is 132 cm³/mol. The Balaban J connectivity index is 1.35. The Morgan fingerprint density at radius 3 is 2.68 bits per heavy atom. The van der Waals surface area contributed by atoms with Crippen molar-refractivity contribution in [2.45, 2.75) is 25.4 Å². The molecule has 3 heterocycles. The normalized spacial score (nSPS) is 15.4.